The Labute approximate surface area is 202 Å². The minimum Gasteiger partial charge on any atom is -0.496 e. The number of amides is 1. The lowest BCUT2D eigenvalue weighted by atomic mass is 10.2. The van der Waals surface area contributed by atoms with Gasteiger partial charge in [-0.2, -0.15) is 5.10 Å². The number of hydrogen-bond acceptors (Lipinski definition) is 6. The van der Waals surface area contributed by atoms with Crippen LogP contribution in [0, 0.1) is 0 Å². The average molecular weight is 475 g/mol. The number of nitrogens with one attached hydrogen (secondary N) is 1. The molecule has 0 unspecified atom stereocenters. The van der Waals surface area contributed by atoms with Crippen molar-refractivity contribution in [1.29, 1.82) is 0 Å². The van der Waals surface area contributed by atoms with Crippen molar-refractivity contribution in [3.63, 3.8) is 0 Å². The first-order chi connectivity index (χ1) is 16.7. The van der Waals surface area contributed by atoms with E-state index in [1.165, 1.54) is 11.8 Å². The summed E-state index contributed by atoms with van der Waals surface area (Å²) >= 11 is 1.36. The maximum Gasteiger partial charge on any atom is 0.236 e. The summed E-state index contributed by atoms with van der Waals surface area (Å²) < 4.78 is 9.29. The highest BCUT2D eigenvalue weighted by Crippen LogP contribution is 2.40. The zero-order chi connectivity index (χ0) is 23.5. The van der Waals surface area contributed by atoms with Crippen LogP contribution in [0.25, 0.3) is 17.1 Å². The van der Waals surface area contributed by atoms with Crippen molar-refractivity contribution in [2.45, 2.75) is 37.4 Å². The molecule has 2 heterocycles. The van der Waals surface area contributed by atoms with Crippen LogP contribution in [0.2, 0.25) is 0 Å². The van der Waals surface area contributed by atoms with Crippen molar-refractivity contribution in [2.75, 3.05) is 18.2 Å². The molecule has 0 bridgehead atoms. The molecule has 5 rings (SSSR count). The Bertz CT molecular complexity index is 1300. The molecule has 0 atom stereocenters. The molecule has 2 aromatic heterocycles. The van der Waals surface area contributed by atoms with Crippen LogP contribution in [0.4, 0.5) is 5.82 Å². The number of aromatic nitrogens is 5. The molecule has 1 fully saturated rings. The summed E-state index contributed by atoms with van der Waals surface area (Å²) in [6, 6.07) is 19.6. The maximum atomic E-state index is 12.9. The normalized spacial score (nSPS) is 13.1. The molecule has 2 aromatic carbocycles. The number of para-hydroxylation sites is 2. The number of carbonyl (C=O) groups is 1. The van der Waals surface area contributed by atoms with Gasteiger partial charge in [0.1, 0.15) is 11.6 Å². The van der Waals surface area contributed by atoms with Gasteiger partial charge in [0.25, 0.3) is 0 Å². The number of carbonyl (C=O) groups excluding carboxylic acids is 1. The van der Waals surface area contributed by atoms with Gasteiger partial charge in [0, 0.05) is 18.5 Å². The second kappa shape index (κ2) is 9.72. The lowest BCUT2D eigenvalue weighted by Gasteiger charge is -2.11. The highest BCUT2D eigenvalue weighted by molar-refractivity contribution is 7.99. The lowest BCUT2D eigenvalue weighted by molar-refractivity contribution is -0.113. The van der Waals surface area contributed by atoms with Gasteiger partial charge in [0.15, 0.2) is 11.0 Å². The van der Waals surface area contributed by atoms with Gasteiger partial charge in [-0.05, 0) is 44.0 Å². The van der Waals surface area contributed by atoms with Crippen LogP contribution in [0.5, 0.6) is 5.75 Å². The van der Waals surface area contributed by atoms with Gasteiger partial charge in [-0.1, -0.05) is 42.1 Å². The summed E-state index contributed by atoms with van der Waals surface area (Å²) in [5.74, 6) is 2.73. The summed E-state index contributed by atoms with van der Waals surface area (Å²) in [7, 11) is 1.64. The molecule has 0 radical (unpaired) electrons. The predicted octanol–water partition coefficient (Wildman–Crippen LogP) is 4.77. The molecular weight excluding hydrogens is 448 g/mol. The number of methoxy groups -OCH3 is 1. The fourth-order valence-electron chi connectivity index (χ4n) is 3.85. The first kappa shape index (κ1) is 22.2. The molecule has 34 heavy (non-hydrogen) atoms. The van der Waals surface area contributed by atoms with Crippen molar-refractivity contribution in [3.8, 4) is 22.8 Å². The smallest absolute Gasteiger partial charge is 0.236 e. The van der Waals surface area contributed by atoms with Crippen LogP contribution in [-0.4, -0.2) is 43.3 Å². The monoisotopic (exact) mass is 474 g/mol. The Morgan fingerprint density at radius 3 is 2.62 bits per heavy atom. The maximum absolute atomic E-state index is 12.9. The van der Waals surface area contributed by atoms with Gasteiger partial charge in [-0.25, -0.2) is 4.68 Å². The summed E-state index contributed by atoms with van der Waals surface area (Å²) in [5, 5.41) is 17.2. The molecule has 1 amide bonds. The fourth-order valence-corrected chi connectivity index (χ4v) is 4.65. The second-order valence-corrected chi connectivity index (χ2v) is 9.01. The Kier molecular flexibility index (Phi) is 6.35. The standard InChI is InChI=1S/C25H26N6O2S/c1-3-30-24(19-11-7-8-12-21(19)33-2)27-28-25(30)34-16-23(32)26-22-15-20(17-13-14-17)29-31(22)18-9-5-4-6-10-18/h4-12,15,17H,3,13-14,16H2,1-2H3,(H,26,32). The lowest BCUT2D eigenvalue weighted by Crippen LogP contribution is -2.17. The van der Waals surface area contributed by atoms with E-state index in [4.69, 9.17) is 9.84 Å². The van der Waals surface area contributed by atoms with Crippen LogP contribution in [-0.2, 0) is 11.3 Å². The van der Waals surface area contributed by atoms with Crippen LogP contribution < -0.4 is 10.1 Å². The van der Waals surface area contributed by atoms with Crippen molar-refractivity contribution < 1.29 is 9.53 Å². The third kappa shape index (κ3) is 4.56. The third-order valence-corrected chi connectivity index (χ3v) is 6.67. The highest BCUT2D eigenvalue weighted by Gasteiger charge is 2.28. The molecular formula is C25H26N6O2S. The average Bonchev–Trinajstić information content (AvgIpc) is 3.52. The molecule has 1 aliphatic carbocycles. The van der Waals surface area contributed by atoms with Gasteiger partial charge >= 0.3 is 0 Å². The van der Waals surface area contributed by atoms with Crippen LogP contribution in [0.1, 0.15) is 31.4 Å². The van der Waals surface area contributed by atoms with Gasteiger partial charge in [0.2, 0.25) is 5.91 Å². The largest absolute Gasteiger partial charge is 0.496 e. The number of ether oxygens (including phenoxy) is 1. The third-order valence-electron chi connectivity index (χ3n) is 5.71. The quantitative estimate of drug-likeness (QED) is 0.352. The highest BCUT2D eigenvalue weighted by atomic mass is 32.2. The second-order valence-electron chi connectivity index (χ2n) is 8.06. The zero-order valence-corrected chi connectivity index (χ0v) is 20.0. The van der Waals surface area contributed by atoms with Crippen molar-refractivity contribution in [3.05, 3.63) is 66.4 Å². The molecule has 0 saturated heterocycles. The van der Waals surface area contributed by atoms with Gasteiger partial charge in [-0.3, -0.25) is 4.79 Å². The first-order valence-corrected chi connectivity index (χ1v) is 12.3. The minimum absolute atomic E-state index is 0.117. The van der Waals surface area contributed by atoms with E-state index >= 15 is 0 Å². The number of thioether (sulfide) groups is 1. The first-order valence-electron chi connectivity index (χ1n) is 11.3. The Morgan fingerprint density at radius 2 is 1.88 bits per heavy atom. The van der Waals surface area contributed by atoms with E-state index in [2.05, 4.69) is 15.5 Å². The van der Waals surface area contributed by atoms with Crippen LogP contribution in [0.3, 0.4) is 0 Å². The zero-order valence-electron chi connectivity index (χ0n) is 19.1. The molecule has 1 saturated carbocycles. The van der Waals surface area contributed by atoms with E-state index in [1.54, 1.807) is 7.11 Å². The summed E-state index contributed by atoms with van der Waals surface area (Å²) in [6.07, 6.45) is 2.30. The van der Waals surface area contributed by atoms with Gasteiger partial charge < -0.3 is 14.6 Å². The number of benzene rings is 2. The number of rotatable bonds is 9. The van der Waals surface area contributed by atoms with Crippen LogP contribution >= 0.6 is 11.8 Å². The van der Waals surface area contributed by atoms with Crippen molar-refractivity contribution in [1.82, 2.24) is 24.5 Å². The van der Waals surface area contributed by atoms with E-state index in [1.807, 2.05) is 76.8 Å². The van der Waals surface area contributed by atoms with E-state index < -0.39 is 0 Å². The van der Waals surface area contributed by atoms with E-state index in [-0.39, 0.29) is 11.7 Å². The number of nitrogens with zero attached hydrogens (tertiary/aromatic N) is 5. The molecule has 4 aromatic rings. The SMILES string of the molecule is CCn1c(SCC(=O)Nc2cc(C3CC3)nn2-c2ccccc2)nnc1-c1ccccc1OC. The topological polar surface area (TPSA) is 86.9 Å². The van der Waals surface area contributed by atoms with Crippen molar-refractivity contribution in [2.24, 2.45) is 0 Å². The molecule has 0 aliphatic heterocycles. The molecule has 1 N–H and O–H groups in total. The molecule has 9 heteroatoms. The Hall–Kier alpha value is -3.59. The Morgan fingerprint density at radius 1 is 1.12 bits per heavy atom. The van der Waals surface area contributed by atoms with E-state index in [0.29, 0.717) is 23.4 Å². The Balaban J connectivity index is 1.32. The number of hydrogen-bond donors (Lipinski definition) is 1. The molecule has 0 spiro atoms. The predicted molar refractivity (Wildman–Crippen MR) is 133 cm³/mol. The molecule has 174 valence electrons. The summed E-state index contributed by atoms with van der Waals surface area (Å²) in [4.78, 5) is 12.9. The number of anilines is 1. The van der Waals surface area contributed by atoms with E-state index in [0.717, 1.165) is 41.4 Å². The summed E-state index contributed by atoms with van der Waals surface area (Å²) in [6.45, 7) is 2.71. The molecule has 1 aliphatic rings. The summed E-state index contributed by atoms with van der Waals surface area (Å²) in [5.41, 5.74) is 2.82. The molecule has 8 nitrogen and oxygen atoms in total. The van der Waals surface area contributed by atoms with Crippen molar-refractivity contribution >= 4 is 23.5 Å². The van der Waals surface area contributed by atoms with Gasteiger partial charge in [0.05, 0.1) is 29.8 Å². The minimum atomic E-state index is -0.117. The van der Waals surface area contributed by atoms with Crippen LogP contribution in [0.15, 0.2) is 65.8 Å². The van der Waals surface area contributed by atoms with Gasteiger partial charge in [-0.15, -0.1) is 10.2 Å². The fraction of sp³-hybridized carbons (Fsp3) is 0.280. The van der Waals surface area contributed by atoms with E-state index in [9.17, 15) is 4.79 Å².